The van der Waals surface area contributed by atoms with Crippen LogP contribution in [-0.4, -0.2) is 4.98 Å². The second-order valence-corrected chi connectivity index (χ2v) is 3.94. The Hall–Kier alpha value is 0.190. The van der Waals surface area contributed by atoms with Crippen LogP contribution < -0.4 is 4.52 Å². The van der Waals surface area contributed by atoms with E-state index in [2.05, 4.69) is 20.6 Å². The molecule has 0 saturated heterocycles. The van der Waals surface area contributed by atoms with Crippen molar-refractivity contribution in [3.63, 3.8) is 0 Å². The lowest BCUT2D eigenvalue weighted by atomic mass is 11.0. The van der Waals surface area contributed by atoms with Crippen molar-refractivity contribution in [3.05, 3.63) is 11.6 Å². The van der Waals surface area contributed by atoms with Crippen LogP contribution in [0.15, 0.2) is 11.6 Å². The van der Waals surface area contributed by atoms with Crippen LogP contribution in [-0.2, 0) is 8.54 Å². The van der Waals surface area contributed by atoms with E-state index >= 15 is 0 Å². The summed E-state index contributed by atoms with van der Waals surface area (Å²) < 4.78 is 19.9. The van der Waals surface area contributed by atoms with Crippen molar-refractivity contribution < 1.29 is 13.1 Å². The molecule has 0 bridgehead atoms. The van der Waals surface area contributed by atoms with Gasteiger partial charge in [0.1, 0.15) is 11.1 Å². The minimum absolute atomic E-state index is 0.327. The number of aromatic nitrogens is 1. The van der Waals surface area contributed by atoms with Gasteiger partial charge in [0.25, 0.3) is 0 Å². The fourth-order valence-electron chi connectivity index (χ4n) is 0.362. The average molecular weight is 228 g/mol. The fraction of sp³-hybridized carbons (Fsp3) is 0. The molecule has 11 heavy (non-hydrogen) atoms. The first-order valence-corrected chi connectivity index (χ1v) is 6.13. The average Bonchev–Trinajstić information content (AvgIpc) is 2.40. The number of rotatable bonds is 4. The van der Waals surface area contributed by atoms with E-state index in [1.165, 1.54) is 11.3 Å². The molecule has 0 saturated carbocycles. The molecule has 1 heterocycles. The summed E-state index contributed by atoms with van der Waals surface area (Å²) in [5.41, 5.74) is 0. The number of thiol groups is 1. The summed E-state index contributed by atoms with van der Waals surface area (Å²) in [6, 6.07) is 0. The molecule has 0 N–H and O–H groups in total. The van der Waals surface area contributed by atoms with E-state index in [1.54, 1.807) is 11.6 Å². The van der Waals surface area contributed by atoms with Crippen LogP contribution in [0.2, 0.25) is 0 Å². The van der Waals surface area contributed by atoms with Crippen molar-refractivity contribution in [3.8, 4) is 5.19 Å². The number of hydrogen-bond acceptors (Lipinski definition) is 7. The Morgan fingerprint density at radius 2 is 2.64 bits per heavy atom. The summed E-state index contributed by atoms with van der Waals surface area (Å²) in [5.74, 6) is 0. The lowest BCUT2D eigenvalue weighted by Crippen LogP contribution is -1.78. The van der Waals surface area contributed by atoms with Gasteiger partial charge in [0.15, 0.2) is 0 Å². The van der Waals surface area contributed by atoms with Gasteiger partial charge in [-0.25, -0.2) is 4.98 Å². The molecule has 60 valence electrons. The zero-order valence-electron chi connectivity index (χ0n) is 5.04. The topological polar surface area (TPSA) is 48.4 Å². The molecule has 0 spiro atoms. The minimum Gasteiger partial charge on any atom is -0.207 e. The smallest absolute Gasteiger partial charge is 0.207 e. The summed E-state index contributed by atoms with van der Waals surface area (Å²) in [4.78, 5) is 3.74. The summed E-state index contributed by atoms with van der Waals surface area (Å²) in [6.07, 6.45) is 1.55. The third-order valence-electron chi connectivity index (χ3n) is 0.656. The van der Waals surface area contributed by atoms with Crippen LogP contribution in [0, 0.1) is 0 Å². The first-order chi connectivity index (χ1) is 5.33. The van der Waals surface area contributed by atoms with Crippen LogP contribution in [0.5, 0.6) is 5.19 Å². The maximum absolute atomic E-state index is 10.7. The van der Waals surface area contributed by atoms with Crippen molar-refractivity contribution in [2.24, 2.45) is 0 Å². The Kier molecular flexibility index (Phi) is 4.17. The van der Waals surface area contributed by atoms with Crippen LogP contribution >= 0.6 is 42.3 Å². The molecular weight excluding hydrogens is 225 g/mol. The predicted octanol–water partition coefficient (Wildman–Crippen LogP) is 2.69. The highest BCUT2D eigenvalue weighted by Crippen LogP contribution is 2.34. The molecule has 0 aromatic carbocycles. The van der Waals surface area contributed by atoms with Gasteiger partial charge in [-0.05, 0) is 3.97 Å². The second-order valence-electron chi connectivity index (χ2n) is 1.26. The Morgan fingerprint density at radius 1 is 1.82 bits per heavy atom. The largest absolute Gasteiger partial charge is 0.766 e. The molecule has 1 rings (SSSR count). The Bertz CT molecular complexity index is 228. The van der Waals surface area contributed by atoms with Crippen molar-refractivity contribution in [1.29, 1.82) is 0 Å². The van der Waals surface area contributed by atoms with Gasteiger partial charge in [0.2, 0.25) is 0 Å². The van der Waals surface area contributed by atoms with Gasteiger partial charge in [-0.3, -0.25) is 0 Å². The zero-order valence-corrected chi connectivity index (χ0v) is 8.46. The summed E-state index contributed by atoms with van der Waals surface area (Å²) in [7, 11) is -2.15. The summed E-state index contributed by atoms with van der Waals surface area (Å²) >= 11 is 5.56. The quantitative estimate of drug-likeness (QED) is 0.371. The lowest BCUT2D eigenvalue weighted by molar-refractivity contribution is 0.438. The maximum atomic E-state index is 10.7. The van der Waals surface area contributed by atoms with E-state index in [-0.39, 0.29) is 0 Å². The van der Waals surface area contributed by atoms with Crippen LogP contribution in [0.25, 0.3) is 0 Å². The van der Waals surface area contributed by atoms with Gasteiger partial charge in [-0.15, -0.1) is 0 Å². The molecule has 0 aliphatic carbocycles. The predicted molar refractivity (Wildman–Crippen MR) is 48.0 cm³/mol. The monoisotopic (exact) mass is 228 g/mol. The van der Waals surface area contributed by atoms with Crippen LogP contribution in [0.3, 0.4) is 0 Å². The zero-order chi connectivity index (χ0) is 8.10. The molecule has 0 radical (unpaired) electrons. The molecular formula is C3H3NO3PS3+. The molecule has 0 amide bonds. The highest BCUT2D eigenvalue weighted by atomic mass is 33.1. The Balaban J connectivity index is 2.37. The number of thiazole rings is 1. The summed E-state index contributed by atoms with van der Waals surface area (Å²) in [5, 5.41) is 2.04. The molecule has 0 aliphatic heterocycles. The highest BCUT2D eigenvalue weighted by molar-refractivity contribution is 8.67. The second kappa shape index (κ2) is 4.95. The Morgan fingerprint density at radius 3 is 3.18 bits per heavy atom. The maximum Gasteiger partial charge on any atom is 0.766 e. The third kappa shape index (κ3) is 3.39. The number of hydrogen-bond donors (Lipinski definition) is 1. The standard InChI is InChI=1S/C3H2NO3PS3/c5-8(7-11-9)6-3-4-1-2-10-3/h1-2H/p+1. The van der Waals surface area contributed by atoms with Crippen molar-refractivity contribution in [2.45, 2.75) is 0 Å². The van der Waals surface area contributed by atoms with Crippen molar-refractivity contribution in [2.75, 3.05) is 0 Å². The van der Waals surface area contributed by atoms with E-state index in [1.807, 2.05) is 0 Å². The Labute approximate surface area is 77.3 Å². The summed E-state index contributed by atoms with van der Waals surface area (Å²) in [6.45, 7) is 0. The molecule has 0 fully saturated rings. The normalized spacial score (nSPS) is 11.2. The van der Waals surface area contributed by atoms with E-state index in [0.717, 1.165) is 0 Å². The fourth-order valence-corrected chi connectivity index (χ4v) is 2.08. The van der Waals surface area contributed by atoms with Crippen molar-refractivity contribution >= 4 is 42.3 Å². The van der Waals surface area contributed by atoms with Gasteiger partial charge in [0, 0.05) is 16.1 Å². The first kappa shape index (κ1) is 9.28. The molecule has 1 aromatic rings. The molecule has 1 atom stereocenters. The first-order valence-electron chi connectivity index (χ1n) is 2.36. The van der Waals surface area contributed by atoms with E-state index in [4.69, 9.17) is 4.52 Å². The minimum atomic E-state index is -2.15. The van der Waals surface area contributed by atoms with E-state index in [0.29, 0.717) is 16.3 Å². The van der Waals surface area contributed by atoms with Crippen LogP contribution in [0.1, 0.15) is 0 Å². The number of nitrogens with zero attached hydrogens (tertiary/aromatic N) is 1. The lowest BCUT2D eigenvalue weighted by Gasteiger charge is -1.80. The molecule has 0 aliphatic rings. The van der Waals surface area contributed by atoms with Gasteiger partial charge in [0.05, 0.1) is 0 Å². The SMILES string of the molecule is O=[P+](OSS)Oc1nccs1. The molecule has 1 unspecified atom stereocenters. The van der Waals surface area contributed by atoms with Crippen molar-refractivity contribution in [1.82, 2.24) is 4.98 Å². The van der Waals surface area contributed by atoms with Gasteiger partial charge >= 0.3 is 13.4 Å². The third-order valence-corrected chi connectivity index (χ3v) is 3.10. The molecule has 4 nitrogen and oxygen atoms in total. The van der Waals surface area contributed by atoms with Crippen LogP contribution in [0.4, 0.5) is 0 Å². The van der Waals surface area contributed by atoms with E-state index < -0.39 is 8.25 Å². The van der Waals surface area contributed by atoms with Gasteiger partial charge in [-0.1, -0.05) is 23.0 Å². The van der Waals surface area contributed by atoms with E-state index in [9.17, 15) is 4.57 Å². The molecule has 1 aromatic heterocycles. The molecule has 8 heteroatoms. The highest BCUT2D eigenvalue weighted by Gasteiger charge is 2.23. The van der Waals surface area contributed by atoms with Gasteiger partial charge < -0.3 is 0 Å². The van der Waals surface area contributed by atoms with Gasteiger partial charge in [-0.2, -0.15) is 4.52 Å².